The standard InChI is InChI=1S/C14H33N4/c1-7-15(3)9-11-17(5)13-14-18(6)12-10-16(4)8-2/h1,7-14H2,2-6H3. The van der Waals surface area contributed by atoms with Gasteiger partial charge in [-0.05, 0) is 48.2 Å². The number of likely N-dealkylation sites (N-methyl/N-ethyl adjacent to an activating group) is 4. The molecule has 0 aromatic heterocycles. The van der Waals surface area contributed by atoms with E-state index in [0.717, 1.165) is 52.4 Å². The molecule has 0 atom stereocenters. The van der Waals surface area contributed by atoms with Crippen molar-refractivity contribution in [1.29, 1.82) is 0 Å². The van der Waals surface area contributed by atoms with Gasteiger partial charge >= 0.3 is 0 Å². The Morgan fingerprint density at radius 3 is 1.28 bits per heavy atom. The first-order valence-electron chi connectivity index (χ1n) is 7.03. The summed E-state index contributed by atoms with van der Waals surface area (Å²) in [6.45, 7) is 14.9. The second-order valence-electron chi connectivity index (χ2n) is 5.31. The van der Waals surface area contributed by atoms with E-state index in [2.05, 4.69) is 61.6 Å². The van der Waals surface area contributed by atoms with Crippen LogP contribution in [0, 0.1) is 6.92 Å². The molecule has 18 heavy (non-hydrogen) atoms. The third-order valence-electron chi connectivity index (χ3n) is 3.51. The SMILES string of the molecule is [CH2]CN(C)CCN(C)CCN(C)CCN(C)CC. The Kier molecular flexibility index (Phi) is 10.6. The molecule has 109 valence electrons. The highest BCUT2D eigenvalue weighted by Crippen LogP contribution is 1.90. The molecule has 4 heteroatoms. The Labute approximate surface area is 115 Å². The number of nitrogens with zero attached hydrogens (tertiary/aromatic N) is 4. The summed E-state index contributed by atoms with van der Waals surface area (Å²) in [5.41, 5.74) is 0. The molecule has 0 aromatic carbocycles. The van der Waals surface area contributed by atoms with Crippen LogP contribution >= 0.6 is 0 Å². The summed E-state index contributed by atoms with van der Waals surface area (Å²) in [5.74, 6) is 0. The van der Waals surface area contributed by atoms with Gasteiger partial charge in [0, 0.05) is 39.3 Å². The zero-order valence-electron chi connectivity index (χ0n) is 13.2. The fourth-order valence-corrected chi connectivity index (χ4v) is 1.52. The Bertz CT molecular complexity index is 167. The van der Waals surface area contributed by atoms with Crippen LogP contribution in [0.4, 0.5) is 0 Å². The second kappa shape index (κ2) is 10.7. The van der Waals surface area contributed by atoms with Crippen LogP contribution in [-0.4, -0.2) is 100 Å². The molecule has 1 radical (unpaired) electrons. The van der Waals surface area contributed by atoms with E-state index in [1.165, 1.54) is 0 Å². The first-order valence-corrected chi connectivity index (χ1v) is 7.03. The van der Waals surface area contributed by atoms with Crippen molar-refractivity contribution in [2.24, 2.45) is 0 Å². The van der Waals surface area contributed by atoms with Crippen molar-refractivity contribution in [3.63, 3.8) is 0 Å². The van der Waals surface area contributed by atoms with E-state index in [9.17, 15) is 0 Å². The zero-order chi connectivity index (χ0) is 14.0. The summed E-state index contributed by atoms with van der Waals surface area (Å²) in [5, 5.41) is 0. The highest BCUT2D eigenvalue weighted by atomic mass is 15.2. The fraction of sp³-hybridized carbons (Fsp3) is 0.929. The molecule has 0 unspecified atom stereocenters. The van der Waals surface area contributed by atoms with Gasteiger partial charge < -0.3 is 19.6 Å². The van der Waals surface area contributed by atoms with Crippen LogP contribution in [0.5, 0.6) is 0 Å². The molecule has 0 aromatic rings. The molecule has 4 nitrogen and oxygen atoms in total. The van der Waals surface area contributed by atoms with Gasteiger partial charge in [0.15, 0.2) is 0 Å². The molecule has 0 aliphatic heterocycles. The van der Waals surface area contributed by atoms with Crippen molar-refractivity contribution < 1.29 is 0 Å². The number of hydrogen-bond acceptors (Lipinski definition) is 4. The van der Waals surface area contributed by atoms with E-state index in [0.29, 0.717) is 0 Å². The average molecular weight is 257 g/mol. The van der Waals surface area contributed by atoms with E-state index in [-0.39, 0.29) is 0 Å². The third kappa shape index (κ3) is 9.83. The maximum atomic E-state index is 3.88. The van der Waals surface area contributed by atoms with Crippen molar-refractivity contribution in [2.45, 2.75) is 6.92 Å². The van der Waals surface area contributed by atoms with Gasteiger partial charge in [-0.1, -0.05) is 6.92 Å². The predicted molar refractivity (Wildman–Crippen MR) is 81.0 cm³/mol. The second-order valence-corrected chi connectivity index (χ2v) is 5.31. The van der Waals surface area contributed by atoms with Crippen LogP contribution in [-0.2, 0) is 0 Å². The van der Waals surface area contributed by atoms with Crippen LogP contribution in [0.15, 0.2) is 0 Å². The minimum absolute atomic E-state index is 0.886. The lowest BCUT2D eigenvalue weighted by molar-refractivity contribution is 0.216. The molecule has 0 N–H and O–H groups in total. The van der Waals surface area contributed by atoms with E-state index < -0.39 is 0 Å². The quantitative estimate of drug-likeness (QED) is 0.536. The van der Waals surface area contributed by atoms with Crippen LogP contribution in [0.3, 0.4) is 0 Å². The highest BCUT2D eigenvalue weighted by molar-refractivity contribution is 4.61. The van der Waals surface area contributed by atoms with Crippen LogP contribution in [0.1, 0.15) is 6.92 Å². The molecule has 0 aliphatic rings. The molecule has 0 bridgehead atoms. The molecular weight excluding hydrogens is 224 g/mol. The summed E-state index contributed by atoms with van der Waals surface area (Å²) >= 11 is 0. The van der Waals surface area contributed by atoms with Gasteiger partial charge in [0.05, 0.1) is 0 Å². The lowest BCUT2D eigenvalue weighted by atomic mass is 10.4. The molecule has 0 fully saturated rings. The predicted octanol–water partition coefficient (Wildman–Crippen LogP) is 0.568. The minimum atomic E-state index is 0.886. The molecule has 0 amide bonds. The Hall–Kier alpha value is -0.160. The molecule has 0 spiro atoms. The molecule has 0 rings (SSSR count). The van der Waals surface area contributed by atoms with Crippen molar-refractivity contribution in [3.8, 4) is 0 Å². The average Bonchev–Trinajstić information content (AvgIpc) is 2.39. The van der Waals surface area contributed by atoms with Gasteiger partial charge in [-0.2, -0.15) is 0 Å². The lowest BCUT2D eigenvalue weighted by Gasteiger charge is -2.25. The Balaban J connectivity index is 3.55. The smallest absolute Gasteiger partial charge is 0.0107 e. The van der Waals surface area contributed by atoms with Crippen LogP contribution in [0.2, 0.25) is 0 Å². The highest BCUT2D eigenvalue weighted by Gasteiger charge is 2.04. The molecular formula is C14H33N4. The molecule has 0 heterocycles. The minimum Gasteiger partial charge on any atom is -0.305 e. The molecule has 0 aliphatic carbocycles. The normalized spacial score (nSPS) is 12.3. The van der Waals surface area contributed by atoms with Crippen molar-refractivity contribution in [1.82, 2.24) is 19.6 Å². The summed E-state index contributed by atoms with van der Waals surface area (Å²) < 4.78 is 0. The maximum absolute atomic E-state index is 3.88. The van der Waals surface area contributed by atoms with E-state index >= 15 is 0 Å². The fourth-order valence-electron chi connectivity index (χ4n) is 1.52. The van der Waals surface area contributed by atoms with Gasteiger partial charge in [-0.3, -0.25) is 0 Å². The van der Waals surface area contributed by atoms with Gasteiger partial charge in [0.1, 0.15) is 0 Å². The molecule has 0 saturated carbocycles. The van der Waals surface area contributed by atoms with Gasteiger partial charge in [-0.15, -0.1) is 0 Å². The van der Waals surface area contributed by atoms with E-state index in [4.69, 9.17) is 0 Å². The first-order chi connectivity index (χ1) is 8.49. The van der Waals surface area contributed by atoms with Crippen LogP contribution < -0.4 is 0 Å². The maximum Gasteiger partial charge on any atom is 0.0107 e. The summed E-state index contributed by atoms with van der Waals surface area (Å²) in [6.07, 6.45) is 0. The van der Waals surface area contributed by atoms with Crippen molar-refractivity contribution in [3.05, 3.63) is 6.92 Å². The third-order valence-corrected chi connectivity index (χ3v) is 3.51. The van der Waals surface area contributed by atoms with Crippen LogP contribution in [0.25, 0.3) is 0 Å². The van der Waals surface area contributed by atoms with E-state index in [1.54, 1.807) is 0 Å². The number of rotatable bonds is 11. The summed E-state index contributed by atoms with van der Waals surface area (Å²) in [7, 11) is 8.70. The number of hydrogen-bond donors (Lipinski definition) is 0. The van der Waals surface area contributed by atoms with Gasteiger partial charge in [-0.25, -0.2) is 0 Å². The van der Waals surface area contributed by atoms with Crippen molar-refractivity contribution in [2.75, 3.05) is 80.5 Å². The van der Waals surface area contributed by atoms with Gasteiger partial charge in [0.25, 0.3) is 0 Å². The first kappa shape index (κ1) is 17.8. The lowest BCUT2D eigenvalue weighted by Crippen LogP contribution is -2.38. The Morgan fingerprint density at radius 1 is 0.611 bits per heavy atom. The summed E-state index contributed by atoms with van der Waals surface area (Å²) in [4.78, 5) is 9.40. The van der Waals surface area contributed by atoms with E-state index in [1.807, 2.05) is 0 Å². The largest absolute Gasteiger partial charge is 0.305 e. The molecule has 0 saturated heterocycles. The topological polar surface area (TPSA) is 13.0 Å². The zero-order valence-corrected chi connectivity index (χ0v) is 13.2. The van der Waals surface area contributed by atoms with Gasteiger partial charge in [0.2, 0.25) is 0 Å². The monoisotopic (exact) mass is 257 g/mol. The van der Waals surface area contributed by atoms with Crippen molar-refractivity contribution >= 4 is 0 Å². The Morgan fingerprint density at radius 2 is 0.944 bits per heavy atom. The summed E-state index contributed by atoms with van der Waals surface area (Å²) in [6, 6.07) is 0.